The molecule has 5 unspecified atom stereocenters. The molecular weight excluding hydrogens is 1220 g/mol. The molecule has 0 fully saturated rings. The van der Waals surface area contributed by atoms with Crippen molar-refractivity contribution in [2.24, 2.45) is 0 Å². The molecule has 536 valence electrons. The maximum absolute atomic E-state index is 12.9. The predicted octanol–water partition coefficient (Wildman–Crippen LogP) is 20.4. The molecule has 0 bridgehead atoms. The van der Waals surface area contributed by atoms with Crippen molar-refractivity contribution in [3.8, 4) is 0 Å². The Bertz CT molecular complexity index is 2130. The van der Waals surface area contributed by atoms with Gasteiger partial charge in [-0.15, -0.1) is 0 Å². The normalized spacial score (nSPS) is 14.8. The minimum atomic E-state index is -4.93. The first kappa shape index (κ1) is 89.2. The Kier molecular flexibility index (Phi) is 65.4. The van der Waals surface area contributed by atoms with Gasteiger partial charge in [0.1, 0.15) is 25.4 Å². The summed E-state index contributed by atoms with van der Waals surface area (Å²) in [5, 5.41) is 20.6. The number of aliphatic hydroxyl groups is 2. The number of phosphoric ester groups is 2. The van der Waals surface area contributed by atoms with Crippen LogP contribution in [0.25, 0.3) is 0 Å². The van der Waals surface area contributed by atoms with Gasteiger partial charge >= 0.3 is 33.6 Å². The highest BCUT2D eigenvalue weighted by molar-refractivity contribution is 7.47. The molecule has 93 heavy (non-hydrogen) atoms. The Morgan fingerprint density at radius 1 is 0.312 bits per heavy atom. The summed E-state index contributed by atoms with van der Waals surface area (Å²) in [5.74, 6) is -1.60. The van der Waals surface area contributed by atoms with Crippen LogP contribution in [0.1, 0.15) is 290 Å². The highest BCUT2D eigenvalue weighted by Gasteiger charge is 2.29. The van der Waals surface area contributed by atoms with Gasteiger partial charge in [0.05, 0.1) is 26.4 Å². The summed E-state index contributed by atoms with van der Waals surface area (Å²) in [7, 11) is -9.78. The quantitative estimate of drug-likeness (QED) is 0.0146. The second-order valence-corrected chi connectivity index (χ2v) is 26.9. The second kappa shape index (κ2) is 68.2. The molecule has 0 heterocycles. The number of carbonyl (C=O) groups is 3. The van der Waals surface area contributed by atoms with Crippen molar-refractivity contribution in [2.45, 2.75) is 309 Å². The Balaban J connectivity index is 4.54. The van der Waals surface area contributed by atoms with Gasteiger partial charge in [-0.1, -0.05) is 271 Å². The van der Waals surface area contributed by atoms with E-state index in [4.69, 9.17) is 32.3 Å². The lowest BCUT2D eigenvalue weighted by Gasteiger charge is -2.21. The largest absolute Gasteiger partial charge is 0.472 e. The maximum Gasteiger partial charge on any atom is 0.472 e. The first-order chi connectivity index (χ1) is 45.2. The third-order valence-electron chi connectivity index (χ3n) is 15.0. The van der Waals surface area contributed by atoms with Crippen molar-refractivity contribution in [1.29, 1.82) is 0 Å². The molecule has 0 saturated heterocycles. The molecule has 0 rings (SSSR count). The summed E-state index contributed by atoms with van der Waals surface area (Å²) < 4.78 is 60.9. The number of hydrogen-bond donors (Lipinski definition) is 4. The predicted molar refractivity (Wildman–Crippen MR) is 380 cm³/mol. The Morgan fingerprint density at radius 3 is 0.925 bits per heavy atom. The van der Waals surface area contributed by atoms with Crippen LogP contribution in [0.3, 0.4) is 0 Å². The van der Waals surface area contributed by atoms with Gasteiger partial charge < -0.3 is 34.2 Å². The molecule has 4 N–H and O–H groups in total. The molecule has 0 aromatic heterocycles. The van der Waals surface area contributed by atoms with Crippen LogP contribution in [0.2, 0.25) is 0 Å². The van der Waals surface area contributed by atoms with E-state index in [-0.39, 0.29) is 19.3 Å². The van der Waals surface area contributed by atoms with Crippen molar-refractivity contribution in [1.82, 2.24) is 0 Å². The number of aliphatic hydroxyl groups excluding tert-OH is 2. The van der Waals surface area contributed by atoms with Crippen LogP contribution in [0, 0.1) is 0 Å². The summed E-state index contributed by atoms with van der Waals surface area (Å²) in [4.78, 5) is 58.4. The van der Waals surface area contributed by atoms with Gasteiger partial charge in [-0.2, -0.15) is 0 Å². The smallest absolute Gasteiger partial charge is 0.463 e. The van der Waals surface area contributed by atoms with Crippen LogP contribution < -0.4 is 0 Å². The molecular formula is C75H130O16P2. The third kappa shape index (κ3) is 69.4. The van der Waals surface area contributed by atoms with Crippen molar-refractivity contribution in [2.75, 3.05) is 39.6 Å². The molecule has 0 aliphatic heterocycles. The fourth-order valence-corrected chi connectivity index (χ4v) is 11.0. The van der Waals surface area contributed by atoms with Crippen LogP contribution in [0.15, 0.2) is 109 Å². The van der Waals surface area contributed by atoms with Gasteiger partial charge in [0.15, 0.2) is 6.10 Å². The van der Waals surface area contributed by atoms with Gasteiger partial charge in [-0.05, 0) is 109 Å². The van der Waals surface area contributed by atoms with E-state index in [1.807, 2.05) is 0 Å². The van der Waals surface area contributed by atoms with Gasteiger partial charge in [0.2, 0.25) is 0 Å². The van der Waals surface area contributed by atoms with Crippen LogP contribution in [0.5, 0.6) is 0 Å². The van der Waals surface area contributed by atoms with E-state index < -0.39 is 91.5 Å². The van der Waals surface area contributed by atoms with Crippen molar-refractivity contribution in [3.05, 3.63) is 109 Å². The molecule has 0 spiro atoms. The van der Waals surface area contributed by atoms with Crippen molar-refractivity contribution >= 4 is 33.6 Å². The number of unbranched alkanes of at least 4 members (excludes halogenated alkanes) is 27. The topological polar surface area (TPSA) is 231 Å². The molecule has 0 amide bonds. The fourth-order valence-electron chi connectivity index (χ4n) is 9.46. The zero-order valence-corrected chi connectivity index (χ0v) is 59.9. The number of allylic oxidation sites excluding steroid dienone is 18. The van der Waals surface area contributed by atoms with E-state index in [1.54, 1.807) is 0 Å². The van der Waals surface area contributed by atoms with E-state index in [0.29, 0.717) is 19.3 Å². The average molecular weight is 1350 g/mol. The van der Waals surface area contributed by atoms with Crippen LogP contribution in [-0.2, 0) is 55.8 Å². The first-order valence-corrected chi connectivity index (χ1v) is 39.2. The molecule has 0 aromatic rings. The highest BCUT2D eigenvalue weighted by atomic mass is 31.2. The van der Waals surface area contributed by atoms with Crippen LogP contribution >= 0.6 is 15.6 Å². The fraction of sp³-hybridized carbons (Fsp3) is 0.720. The lowest BCUT2D eigenvalue weighted by molar-refractivity contribution is -0.161. The number of phosphoric acid groups is 2. The molecule has 0 aliphatic rings. The molecule has 5 atom stereocenters. The average Bonchev–Trinajstić information content (AvgIpc) is 2.38. The standard InChI is InChI=1S/C75H130O16P2/c1-4-7-10-13-16-19-22-24-26-28-30-32-33-34-35-37-39-40-42-44-47-49-52-55-58-61-73(78)85-64-70(76)65-87-92(81,82)88-66-71(77)67-89-93(83,84)90-69-72(91-75(80)63-60-57-54-51-46-21-18-15-12-9-6-3)68-86-74(79)62-59-56-53-50-48-45-43-41-38-36-31-29-27-25-23-20-17-14-11-8-5-2/h8,11,16-17,19-20,24-27,30-32,34-36,41,43,70-72,76-77H,4-7,9-10,12-15,18,21-23,28-29,33,37-40,42,44-69H2,1-3H3,(H,81,82)(H,83,84)/b11-8-,19-16-,20-17-,26-24-,27-25-,32-30-,35-34-,36-31-,43-41-. The summed E-state index contributed by atoms with van der Waals surface area (Å²) in [5.41, 5.74) is 0. The van der Waals surface area contributed by atoms with Crippen LogP contribution in [0.4, 0.5) is 0 Å². The van der Waals surface area contributed by atoms with Gasteiger partial charge in [-0.3, -0.25) is 32.5 Å². The van der Waals surface area contributed by atoms with E-state index in [2.05, 4.69) is 130 Å². The minimum Gasteiger partial charge on any atom is -0.463 e. The SMILES string of the molecule is CC/C=C\C/C=C\C/C=C\C/C=C\C/C=C\CCCCCCCC(=O)OCC(COP(=O)(O)OCC(O)COP(=O)(O)OCC(O)COC(=O)CCCCCCCCCCC/C=C\C/C=C\C/C=C\C/C=C\CCCCC)OC(=O)CCCCCCCCCCCCC. The Hall–Kier alpha value is -3.79. The second-order valence-electron chi connectivity index (χ2n) is 24.0. The summed E-state index contributed by atoms with van der Waals surface area (Å²) in [6.07, 6.45) is 77.1. The molecule has 0 radical (unpaired) electrons. The highest BCUT2D eigenvalue weighted by Crippen LogP contribution is 2.45. The molecule has 16 nitrogen and oxygen atoms in total. The zero-order valence-electron chi connectivity index (χ0n) is 58.1. The summed E-state index contributed by atoms with van der Waals surface area (Å²) in [6, 6.07) is 0. The zero-order chi connectivity index (χ0) is 68.1. The summed E-state index contributed by atoms with van der Waals surface area (Å²) >= 11 is 0. The maximum atomic E-state index is 12.9. The molecule has 0 aromatic carbocycles. The third-order valence-corrected chi connectivity index (χ3v) is 16.9. The van der Waals surface area contributed by atoms with Crippen molar-refractivity contribution in [3.63, 3.8) is 0 Å². The molecule has 0 saturated carbocycles. The first-order valence-electron chi connectivity index (χ1n) is 36.2. The molecule has 0 aliphatic carbocycles. The van der Waals surface area contributed by atoms with E-state index in [1.165, 1.54) is 89.9 Å². The number of ether oxygens (including phenoxy) is 3. The Labute approximate surface area is 564 Å². The van der Waals surface area contributed by atoms with Gasteiger partial charge in [0, 0.05) is 19.3 Å². The number of rotatable bonds is 68. The lowest BCUT2D eigenvalue weighted by Crippen LogP contribution is -2.30. The monoisotopic (exact) mass is 1350 g/mol. The van der Waals surface area contributed by atoms with Gasteiger partial charge in [0.25, 0.3) is 0 Å². The van der Waals surface area contributed by atoms with Crippen LogP contribution in [-0.4, -0.2) is 95.9 Å². The van der Waals surface area contributed by atoms with E-state index in [0.717, 1.165) is 141 Å². The number of esters is 3. The molecule has 18 heteroatoms. The van der Waals surface area contributed by atoms with Gasteiger partial charge in [-0.25, -0.2) is 9.13 Å². The van der Waals surface area contributed by atoms with E-state index >= 15 is 0 Å². The van der Waals surface area contributed by atoms with E-state index in [9.17, 15) is 43.5 Å². The lowest BCUT2D eigenvalue weighted by atomic mass is 10.1. The minimum absolute atomic E-state index is 0.101. The summed E-state index contributed by atoms with van der Waals surface area (Å²) in [6.45, 7) is 2.50. The van der Waals surface area contributed by atoms with Crippen molar-refractivity contribution < 1.29 is 75.8 Å². The number of carbonyl (C=O) groups excluding carboxylic acids is 3. The Morgan fingerprint density at radius 2 is 0.570 bits per heavy atom. The number of hydrogen-bond acceptors (Lipinski definition) is 14.